The van der Waals surface area contributed by atoms with E-state index in [9.17, 15) is 69.2 Å². The molecule has 0 bridgehead atoms. The van der Waals surface area contributed by atoms with Crippen molar-refractivity contribution in [2.45, 2.75) is 52.0 Å². The first-order valence-corrected chi connectivity index (χ1v) is 35.5. The number of carboxylic acid groups (broad SMARTS) is 2. The third-order valence-corrected chi connectivity index (χ3v) is 17.5. The van der Waals surface area contributed by atoms with Crippen LogP contribution in [0.4, 0.5) is 56.9 Å². The highest BCUT2D eigenvalue weighted by atomic mass is 35.5. The number of aliphatic carboxylic acids is 1. The number of carbonyl (C=O) groups is 6. The van der Waals surface area contributed by atoms with E-state index in [-0.39, 0.29) is 84.4 Å². The minimum Gasteiger partial charge on any atom is -0.481 e. The summed E-state index contributed by atoms with van der Waals surface area (Å²) in [5.74, 6) is -3.93. The minimum atomic E-state index is -0.889. The maximum Gasteiger partial charge on any atom is 0.335 e. The van der Waals surface area contributed by atoms with E-state index < -0.39 is 49.5 Å². The Hall–Kier alpha value is -12.7. The topological polar surface area (TPSA) is 410 Å². The molecule has 0 fully saturated rings. The van der Waals surface area contributed by atoms with Gasteiger partial charge in [-0.2, -0.15) is 0 Å². The predicted molar refractivity (Wildman–Crippen MR) is 438 cm³/mol. The lowest BCUT2D eigenvalue weighted by molar-refractivity contribution is -0.385. The van der Waals surface area contributed by atoms with Gasteiger partial charge in [-0.25, -0.2) is 4.79 Å². The van der Waals surface area contributed by atoms with Gasteiger partial charge in [0.1, 0.15) is 0 Å². The average Bonchev–Trinajstić information content (AvgIpc) is 0.855. The maximum absolute atomic E-state index is 13.1. The Kier molecular flexibility index (Phi) is 36.4. The molecule has 584 valence electrons. The Balaban J connectivity index is 0.000000252. The van der Waals surface area contributed by atoms with Crippen molar-refractivity contribution >= 4 is 139 Å². The number of amides is 3. The smallest absolute Gasteiger partial charge is 0.335 e. The number of nitrogens with zero attached hydrogens (tertiary/aromatic N) is 6. The van der Waals surface area contributed by atoms with Gasteiger partial charge >= 0.3 is 11.9 Å². The number of Topliss-reactive ketones (excluding diaryl/α,β-unsaturated/α-hetero) is 1. The molecular formula is C81H81Cl4N11O16. The summed E-state index contributed by atoms with van der Waals surface area (Å²) in [6.07, 6.45) is 1.97. The summed E-state index contributed by atoms with van der Waals surface area (Å²) in [7, 11) is 7.66. The van der Waals surface area contributed by atoms with Crippen LogP contribution in [0.15, 0.2) is 243 Å². The number of nitrogens with one attached hydrogen (secondary N) is 3. The van der Waals surface area contributed by atoms with Gasteiger partial charge in [0.15, 0.2) is 5.78 Å². The number of benzene rings is 10. The minimum absolute atomic E-state index is 0.00659. The predicted octanol–water partition coefficient (Wildman–Crippen LogP) is 17.4. The zero-order valence-corrected chi connectivity index (χ0v) is 64.4. The quantitative estimate of drug-likeness (QED) is 0.0121. The monoisotopic (exact) mass is 1600 g/mol. The first kappa shape index (κ1) is 90.0. The van der Waals surface area contributed by atoms with Gasteiger partial charge in [-0.1, -0.05) is 182 Å². The second-order valence-corrected chi connectivity index (χ2v) is 26.8. The molecule has 0 unspecified atom stereocenters. The fourth-order valence-corrected chi connectivity index (χ4v) is 10.8. The van der Waals surface area contributed by atoms with Gasteiger partial charge < -0.3 is 47.4 Å². The van der Waals surface area contributed by atoms with E-state index in [0.29, 0.717) is 53.9 Å². The highest BCUT2D eigenvalue weighted by Crippen LogP contribution is 2.31. The number of nitrogens with two attached hydrogens (primary N) is 2. The Morgan fingerprint density at radius 3 is 1.04 bits per heavy atom. The summed E-state index contributed by atoms with van der Waals surface area (Å²) in [5, 5.41) is 68.2. The molecule has 0 saturated heterocycles. The number of non-ortho nitro benzene ring substituents is 4. The number of carbonyl (C=O) groups excluding carboxylic acids is 4. The van der Waals surface area contributed by atoms with Crippen molar-refractivity contribution in [1.29, 1.82) is 0 Å². The van der Waals surface area contributed by atoms with E-state index in [1.807, 2.05) is 178 Å². The van der Waals surface area contributed by atoms with Crippen LogP contribution in [0.2, 0.25) is 20.1 Å². The number of carboxylic acids is 2. The van der Waals surface area contributed by atoms with Crippen molar-refractivity contribution in [1.82, 2.24) is 0 Å². The molecule has 0 saturated carbocycles. The van der Waals surface area contributed by atoms with Crippen molar-refractivity contribution in [3.63, 3.8) is 0 Å². The number of nitro benzene ring substituents is 4. The van der Waals surface area contributed by atoms with Crippen molar-refractivity contribution < 1.29 is 58.7 Å². The Labute approximate surface area is 665 Å². The van der Waals surface area contributed by atoms with E-state index in [4.69, 9.17) is 68.1 Å². The number of rotatable bonds is 25. The number of halogens is 4. The zero-order valence-electron chi connectivity index (χ0n) is 61.4. The van der Waals surface area contributed by atoms with Crippen LogP contribution in [-0.4, -0.2) is 99.6 Å². The molecular weight excluding hydrogens is 1520 g/mol. The molecule has 0 aliphatic rings. The van der Waals surface area contributed by atoms with Gasteiger partial charge in [0.05, 0.1) is 80.1 Å². The summed E-state index contributed by atoms with van der Waals surface area (Å²) >= 11 is 23.5. The molecule has 112 heavy (non-hydrogen) atoms. The van der Waals surface area contributed by atoms with Crippen molar-refractivity contribution in [2.75, 3.05) is 59.7 Å². The first-order chi connectivity index (χ1) is 53.1. The third-order valence-electron chi connectivity index (χ3n) is 16.2. The van der Waals surface area contributed by atoms with Gasteiger partial charge in [-0.05, 0) is 121 Å². The molecule has 0 aliphatic heterocycles. The summed E-state index contributed by atoms with van der Waals surface area (Å²) in [5.41, 5.74) is 18.8. The van der Waals surface area contributed by atoms with Gasteiger partial charge in [0, 0.05) is 112 Å². The van der Waals surface area contributed by atoms with Gasteiger partial charge in [0.2, 0.25) is 17.7 Å². The standard InChI is InChI=1S/C25H24ClN3O4.C16H15ClN2O3.C15H14ClN3O3.C10H12O2.C9H11NO2.C6H5ClN2O2/c1-28(2)20-10-8-18(9-11-20)24(30)15-19(14-17-6-4-3-5-7-17)25(31)27-23-13-12-21(29(32)33)16-22(23)26;1-11(9-12-5-3-2-4-6-12)16(20)18-15-8-7-13(19(21)22)10-14(15)17;16-12-9-11(19(21)22)6-7-14(12)18-15(20)13(17)8-10-4-2-1-3-5-10;1-8(10(11)12)7-9-5-3-2-4-6-9;1-10(2)8-5-3-7(4-6-8)9(11)12;7-5-3-4(9(10)11)1-2-6(5)8/h3-13,16,19H,14-15H2,1-2H3,(H,27,31);2-8,10-11H,9H2,1H3,(H,18,20);1-7,9,13H,8,17H2,(H,18,20);2-6,8H,7H2,1H3,(H,11,12);3-6H,1-2H3,(H,11,12);1-3H,8H2/t19-;11-;13-;8-;;/m1000../s1. The van der Waals surface area contributed by atoms with Crippen LogP contribution in [0.3, 0.4) is 0 Å². The van der Waals surface area contributed by atoms with E-state index in [2.05, 4.69) is 16.0 Å². The van der Waals surface area contributed by atoms with Crippen LogP contribution in [-0.2, 0) is 44.9 Å². The van der Waals surface area contributed by atoms with E-state index >= 15 is 0 Å². The molecule has 0 radical (unpaired) electrons. The zero-order chi connectivity index (χ0) is 82.7. The van der Waals surface area contributed by atoms with Gasteiger partial charge in [0.25, 0.3) is 22.7 Å². The maximum atomic E-state index is 13.1. The highest BCUT2D eigenvalue weighted by Gasteiger charge is 2.26. The number of hydrogen-bond donors (Lipinski definition) is 7. The Morgan fingerprint density at radius 1 is 0.402 bits per heavy atom. The lowest BCUT2D eigenvalue weighted by atomic mass is 9.91. The normalized spacial score (nSPS) is 11.3. The lowest BCUT2D eigenvalue weighted by Crippen LogP contribution is -2.37. The summed E-state index contributed by atoms with van der Waals surface area (Å²) < 4.78 is 0. The van der Waals surface area contributed by atoms with Crippen LogP contribution < -0.4 is 37.2 Å². The van der Waals surface area contributed by atoms with Gasteiger partial charge in [-0.15, -0.1) is 0 Å². The molecule has 4 atom stereocenters. The number of anilines is 6. The van der Waals surface area contributed by atoms with Crippen LogP contribution in [0.5, 0.6) is 0 Å². The van der Waals surface area contributed by atoms with E-state index in [1.54, 1.807) is 43.3 Å². The Morgan fingerprint density at radius 2 is 0.714 bits per heavy atom. The van der Waals surface area contributed by atoms with E-state index in [0.717, 1.165) is 33.6 Å². The third kappa shape index (κ3) is 30.8. The van der Waals surface area contributed by atoms with Crippen molar-refractivity contribution in [3.05, 3.63) is 337 Å². The average molecular weight is 1610 g/mol. The Bertz CT molecular complexity index is 4730. The molecule has 0 spiro atoms. The molecule has 10 aromatic carbocycles. The molecule has 9 N–H and O–H groups in total. The van der Waals surface area contributed by atoms with Crippen LogP contribution >= 0.6 is 46.4 Å². The molecule has 31 heteroatoms. The van der Waals surface area contributed by atoms with Crippen LogP contribution in [0.1, 0.15) is 63.2 Å². The molecule has 10 aromatic rings. The number of aromatic carboxylic acids is 1. The second-order valence-electron chi connectivity index (χ2n) is 25.2. The van der Waals surface area contributed by atoms with Crippen LogP contribution in [0, 0.1) is 58.2 Å². The summed E-state index contributed by atoms with van der Waals surface area (Å²) in [6, 6.07) is 66.9. The number of nitrogen functional groups attached to an aromatic ring is 1. The SMILES string of the molecule is CN(C)c1ccc(C(=O)C[C@@H](Cc2ccccc2)C(=O)Nc2ccc([N+](=O)[O-])cc2Cl)cc1.CN(C)c1ccc(C(=O)O)cc1.C[C@@H](Cc1ccccc1)C(=O)Nc1ccc([N+](=O)[O-])cc1Cl.C[C@@H](Cc1ccccc1)C(=O)O.N[C@@H](Cc1ccccc1)C(=O)Nc1ccc([N+](=O)[O-])cc1Cl.Nc1ccc([N+](=O)[O-])cc1Cl. The molecule has 0 aliphatic carbocycles. The summed E-state index contributed by atoms with van der Waals surface area (Å²) in [4.78, 5) is 115. The van der Waals surface area contributed by atoms with Crippen molar-refractivity contribution in [3.8, 4) is 0 Å². The fourth-order valence-electron chi connectivity index (χ4n) is 9.92. The molecule has 0 aromatic heterocycles. The number of nitro groups is 4. The largest absolute Gasteiger partial charge is 0.481 e. The first-order valence-electron chi connectivity index (χ1n) is 34.0. The molecule has 27 nitrogen and oxygen atoms in total. The fraction of sp³-hybridized carbons (Fsp3) is 0.185. The number of ketones is 1. The second kappa shape index (κ2) is 45.4. The molecule has 0 heterocycles. The summed E-state index contributed by atoms with van der Waals surface area (Å²) in [6.45, 7) is 3.54. The van der Waals surface area contributed by atoms with Crippen molar-refractivity contribution in [2.24, 2.45) is 23.5 Å². The van der Waals surface area contributed by atoms with Gasteiger partial charge in [-0.3, -0.25) is 64.4 Å². The van der Waals surface area contributed by atoms with E-state index in [1.165, 1.54) is 72.8 Å². The molecule has 3 amide bonds. The van der Waals surface area contributed by atoms with Crippen LogP contribution in [0.25, 0.3) is 0 Å². The number of hydrogen-bond acceptors (Lipinski definition) is 18. The lowest BCUT2D eigenvalue weighted by Gasteiger charge is -2.18. The molecule has 10 rings (SSSR count). The highest BCUT2D eigenvalue weighted by molar-refractivity contribution is 6.35.